The lowest BCUT2D eigenvalue weighted by molar-refractivity contribution is 0.289. The highest BCUT2D eigenvalue weighted by Gasteiger charge is 2.23. The molecular weight excluding hydrogens is 258 g/mol. The number of imidazole rings is 1. The quantitative estimate of drug-likeness (QED) is 0.915. The van der Waals surface area contributed by atoms with Crippen LogP contribution in [0.3, 0.4) is 0 Å². The summed E-state index contributed by atoms with van der Waals surface area (Å²) in [4.78, 5) is 4.63. The molecule has 21 heavy (non-hydrogen) atoms. The number of hydrogen-bond donors (Lipinski definition) is 1. The van der Waals surface area contributed by atoms with Crippen LogP contribution in [0, 0.1) is 13.8 Å². The average Bonchev–Trinajstić information content (AvgIpc) is 2.89. The van der Waals surface area contributed by atoms with Gasteiger partial charge in [-0.3, -0.25) is 0 Å². The summed E-state index contributed by atoms with van der Waals surface area (Å²) in [5.74, 6) is 0. The molecule has 114 valence electrons. The number of aryl methyl sites for hydroxylation is 2. The van der Waals surface area contributed by atoms with E-state index in [1.54, 1.807) is 0 Å². The van der Waals surface area contributed by atoms with Crippen LogP contribution in [0.1, 0.15) is 56.2 Å². The third-order valence-electron chi connectivity index (χ3n) is 4.91. The smallest absolute Gasteiger partial charge is 0.0960 e. The van der Waals surface area contributed by atoms with Crippen LogP contribution >= 0.6 is 0 Å². The minimum Gasteiger partial charge on any atom is -0.327 e. The first-order valence-electron chi connectivity index (χ1n) is 8.36. The predicted molar refractivity (Wildman–Crippen MR) is 88.8 cm³/mol. The maximum Gasteiger partial charge on any atom is 0.0960 e. The summed E-state index contributed by atoms with van der Waals surface area (Å²) in [6.07, 6.45) is 8.42. The molecule has 1 N–H and O–H groups in total. The fraction of sp³-hybridized carbons (Fsp3) is 0.611. The molecule has 2 atom stereocenters. The van der Waals surface area contributed by atoms with Crippen molar-refractivity contribution in [3.63, 3.8) is 0 Å². The fourth-order valence-electron chi connectivity index (χ4n) is 3.52. The van der Waals surface area contributed by atoms with Crippen molar-refractivity contribution >= 4 is 11.0 Å². The molecule has 1 aromatic carbocycles. The van der Waals surface area contributed by atoms with Crippen LogP contribution in [0.15, 0.2) is 18.5 Å². The summed E-state index contributed by atoms with van der Waals surface area (Å²) in [5.41, 5.74) is 5.14. The zero-order chi connectivity index (χ0) is 14.8. The third kappa shape index (κ3) is 2.98. The Morgan fingerprint density at radius 1 is 1.24 bits per heavy atom. The van der Waals surface area contributed by atoms with Gasteiger partial charge in [0.2, 0.25) is 0 Å². The molecule has 2 aromatic rings. The summed E-state index contributed by atoms with van der Waals surface area (Å²) in [7, 11) is 0. The van der Waals surface area contributed by atoms with Gasteiger partial charge in [-0.15, -0.1) is 0 Å². The van der Waals surface area contributed by atoms with Gasteiger partial charge >= 0.3 is 0 Å². The molecule has 0 amide bonds. The van der Waals surface area contributed by atoms with Crippen molar-refractivity contribution in [2.75, 3.05) is 6.54 Å². The maximum absolute atomic E-state index is 4.63. The Morgan fingerprint density at radius 3 is 2.86 bits per heavy atom. The number of hydrogen-bond acceptors (Lipinski definition) is 2. The molecule has 1 saturated carbocycles. The molecule has 3 nitrogen and oxygen atoms in total. The average molecular weight is 285 g/mol. The van der Waals surface area contributed by atoms with Gasteiger partial charge in [-0.05, 0) is 75.8 Å². The van der Waals surface area contributed by atoms with Crippen LogP contribution in [-0.4, -0.2) is 22.1 Å². The summed E-state index contributed by atoms with van der Waals surface area (Å²) >= 11 is 0. The lowest BCUT2D eigenvalue weighted by atomic mass is 9.90. The number of nitrogens with zero attached hydrogens (tertiary/aromatic N) is 2. The Balaban J connectivity index is 1.84. The standard InChI is InChI=1S/C18H27N3/c1-4-8-19-15-6-5-7-16(11-15)21-12-20-17-9-13(2)14(3)10-18(17)21/h9-10,12,15-16,19H,4-8,11H2,1-3H3. The Hall–Kier alpha value is -1.35. The first kappa shape index (κ1) is 14.6. The van der Waals surface area contributed by atoms with Crippen molar-refractivity contribution < 1.29 is 0 Å². The number of rotatable bonds is 4. The van der Waals surface area contributed by atoms with Gasteiger partial charge in [-0.25, -0.2) is 4.98 Å². The number of nitrogens with one attached hydrogen (secondary N) is 1. The minimum atomic E-state index is 0.597. The van der Waals surface area contributed by atoms with Gasteiger partial charge in [0.15, 0.2) is 0 Å². The molecule has 1 heterocycles. The second-order valence-electron chi connectivity index (χ2n) is 6.55. The third-order valence-corrected chi connectivity index (χ3v) is 4.91. The number of benzene rings is 1. The van der Waals surface area contributed by atoms with E-state index in [0.717, 1.165) is 12.1 Å². The van der Waals surface area contributed by atoms with E-state index < -0.39 is 0 Å². The molecule has 3 rings (SSSR count). The van der Waals surface area contributed by atoms with E-state index in [1.807, 2.05) is 0 Å². The number of aromatic nitrogens is 2. The SMILES string of the molecule is CCCNC1CCCC(n2cnc3cc(C)c(C)cc32)C1. The lowest BCUT2D eigenvalue weighted by Crippen LogP contribution is -2.35. The van der Waals surface area contributed by atoms with Crippen molar-refractivity contribution in [2.45, 2.75) is 65.0 Å². The van der Waals surface area contributed by atoms with E-state index in [2.05, 4.69) is 54.1 Å². The fourth-order valence-corrected chi connectivity index (χ4v) is 3.52. The van der Waals surface area contributed by atoms with Crippen LogP contribution in [0.5, 0.6) is 0 Å². The minimum absolute atomic E-state index is 0.597. The Morgan fingerprint density at radius 2 is 2.05 bits per heavy atom. The highest BCUT2D eigenvalue weighted by molar-refractivity contribution is 5.77. The molecule has 0 aliphatic heterocycles. The monoisotopic (exact) mass is 285 g/mol. The van der Waals surface area contributed by atoms with E-state index >= 15 is 0 Å². The Kier molecular flexibility index (Phi) is 4.29. The predicted octanol–water partition coefficient (Wildman–Crippen LogP) is 4.14. The van der Waals surface area contributed by atoms with Gasteiger partial charge in [0.25, 0.3) is 0 Å². The van der Waals surface area contributed by atoms with E-state index in [-0.39, 0.29) is 0 Å². The molecule has 1 aliphatic carbocycles. The van der Waals surface area contributed by atoms with Gasteiger partial charge < -0.3 is 9.88 Å². The van der Waals surface area contributed by atoms with Crippen molar-refractivity contribution in [1.82, 2.24) is 14.9 Å². The summed E-state index contributed by atoms with van der Waals surface area (Å²) < 4.78 is 2.42. The van der Waals surface area contributed by atoms with Crippen LogP contribution in [0.4, 0.5) is 0 Å². The van der Waals surface area contributed by atoms with Crippen LogP contribution in [0.25, 0.3) is 11.0 Å². The van der Waals surface area contributed by atoms with Crippen molar-refractivity contribution in [3.05, 3.63) is 29.6 Å². The normalized spacial score (nSPS) is 22.8. The van der Waals surface area contributed by atoms with E-state index in [1.165, 1.54) is 48.7 Å². The van der Waals surface area contributed by atoms with E-state index in [9.17, 15) is 0 Å². The summed E-state index contributed by atoms with van der Waals surface area (Å²) in [6, 6.07) is 5.80. The van der Waals surface area contributed by atoms with Gasteiger partial charge in [0, 0.05) is 12.1 Å². The van der Waals surface area contributed by atoms with Crippen LogP contribution in [-0.2, 0) is 0 Å². The topological polar surface area (TPSA) is 29.9 Å². The lowest BCUT2D eigenvalue weighted by Gasteiger charge is -2.31. The first-order chi connectivity index (χ1) is 10.2. The molecular formula is C18H27N3. The first-order valence-corrected chi connectivity index (χ1v) is 8.36. The van der Waals surface area contributed by atoms with Crippen LogP contribution in [0.2, 0.25) is 0 Å². The van der Waals surface area contributed by atoms with Crippen molar-refractivity contribution in [2.24, 2.45) is 0 Å². The molecule has 3 heteroatoms. The Bertz CT molecular complexity index is 614. The Labute approximate surface area is 127 Å². The van der Waals surface area contributed by atoms with Crippen molar-refractivity contribution in [1.29, 1.82) is 0 Å². The van der Waals surface area contributed by atoms with E-state index in [4.69, 9.17) is 0 Å². The van der Waals surface area contributed by atoms with Crippen molar-refractivity contribution in [3.8, 4) is 0 Å². The molecule has 0 saturated heterocycles. The van der Waals surface area contributed by atoms with E-state index in [0.29, 0.717) is 12.1 Å². The van der Waals surface area contributed by atoms with Gasteiger partial charge in [0.05, 0.1) is 17.4 Å². The molecule has 0 spiro atoms. The van der Waals surface area contributed by atoms with Gasteiger partial charge in [-0.2, -0.15) is 0 Å². The second kappa shape index (κ2) is 6.18. The zero-order valence-electron chi connectivity index (χ0n) is 13.5. The van der Waals surface area contributed by atoms with Crippen LogP contribution < -0.4 is 5.32 Å². The maximum atomic E-state index is 4.63. The van der Waals surface area contributed by atoms with Gasteiger partial charge in [-0.1, -0.05) is 6.92 Å². The molecule has 0 radical (unpaired) electrons. The molecule has 1 aromatic heterocycles. The molecule has 2 unspecified atom stereocenters. The van der Waals surface area contributed by atoms with Gasteiger partial charge in [0.1, 0.15) is 0 Å². The molecule has 1 fully saturated rings. The summed E-state index contributed by atoms with van der Waals surface area (Å²) in [5, 5.41) is 3.70. The number of fused-ring (bicyclic) bond motifs is 1. The summed E-state index contributed by atoms with van der Waals surface area (Å²) in [6.45, 7) is 7.74. The molecule has 0 bridgehead atoms. The second-order valence-corrected chi connectivity index (χ2v) is 6.55. The molecule has 1 aliphatic rings. The highest BCUT2D eigenvalue weighted by atomic mass is 15.1. The highest BCUT2D eigenvalue weighted by Crippen LogP contribution is 2.31. The zero-order valence-corrected chi connectivity index (χ0v) is 13.5. The largest absolute Gasteiger partial charge is 0.327 e.